The summed E-state index contributed by atoms with van der Waals surface area (Å²) < 4.78 is 26.1. The third kappa shape index (κ3) is 3.31. The minimum Gasteiger partial charge on any atom is -0.332 e. The Morgan fingerprint density at radius 3 is 2.81 bits per heavy atom. The summed E-state index contributed by atoms with van der Waals surface area (Å²) >= 11 is 1.82. The number of unbranched alkanes of at least 4 members (excludes halogenated alkanes) is 1. The quantitative estimate of drug-likeness (QED) is 0.366. The number of Topliss-reactive ketones (excluding diaryl/α,β-unsaturated/α-hetero) is 1. The molecule has 0 saturated carbocycles. The Labute approximate surface area is 160 Å². The summed E-state index contributed by atoms with van der Waals surface area (Å²) in [5.41, 5.74) is 0.104. The van der Waals surface area contributed by atoms with Crippen molar-refractivity contribution in [1.82, 2.24) is 15.4 Å². The van der Waals surface area contributed by atoms with Crippen molar-refractivity contribution < 1.29 is 22.8 Å². The van der Waals surface area contributed by atoms with Crippen LogP contribution in [0, 0.1) is 0 Å². The summed E-state index contributed by atoms with van der Waals surface area (Å²) in [5, 5.41) is 6.16. The molecular formula is C17H19N3O5S2. The Bertz CT molecular complexity index is 930. The van der Waals surface area contributed by atoms with Gasteiger partial charge in [0.2, 0.25) is 0 Å². The predicted octanol–water partition coefficient (Wildman–Crippen LogP) is 1.03. The van der Waals surface area contributed by atoms with Crippen LogP contribution in [0.25, 0.3) is 0 Å². The van der Waals surface area contributed by atoms with E-state index in [0.717, 1.165) is 18.6 Å². The van der Waals surface area contributed by atoms with E-state index in [0.29, 0.717) is 11.7 Å². The van der Waals surface area contributed by atoms with Gasteiger partial charge in [0.05, 0.1) is 17.6 Å². The minimum atomic E-state index is -3.96. The number of rotatable bonds is 6. The molecule has 0 radical (unpaired) electrons. The highest BCUT2D eigenvalue weighted by Crippen LogP contribution is 2.33. The fourth-order valence-electron chi connectivity index (χ4n) is 3.86. The first kappa shape index (κ1) is 18.3. The highest BCUT2D eigenvalue weighted by molar-refractivity contribution is 8.00. The molecule has 2 saturated heterocycles. The smallest absolute Gasteiger partial charge is 0.315 e. The number of fused-ring (bicyclic) bond motifs is 2. The highest BCUT2D eigenvalue weighted by atomic mass is 32.2. The van der Waals surface area contributed by atoms with E-state index in [9.17, 15) is 22.8 Å². The molecule has 3 aliphatic rings. The number of hydrogen-bond donors (Lipinski definition) is 3. The fourth-order valence-corrected chi connectivity index (χ4v) is 6.78. The first-order valence-corrected chi connectivity index (χ1v) is 11.3. The van der Waals surface area contributed by atoms with Crippen LogP contribution in [0.4, 0.5) is 4.79 Å². The maximum atomic E-state index is 12.5. The lowest BCUT2D eigenvalue weighted by Gasteiger charge is -2.16. The molecule has 3 heterocycles. The molecule has 0 bridgehead atoms. The van der Waals surface area contributed by atoms with Gasteiger partial charge in [0.1, 0.15) is 4.90 Å². The van der Waals surface area contributed by atoms with E-state index in [1.165, 1.54) is 18.2 Å². The van der Waals surface area contributed by atoms with Crippen LogP contribution in [0.3, 0.4) is 0 Å². The van der Waals surface area contributed by atoms with Crippen LogP contribution in [0.5, 0.6) is 0 Å². The van der Waals surface area contributed by atoms with Crippen LogP contribution in [0.15, 0.2) is 23.1 Å². The van der Waals surface area contributed by atoms with Crippen LogP contribution < -0.4 is 15.4 Å². The molecule has 0 spiro atoms. The Kier molecular flexibility index (Phi) is 4.63. The summed E-state index contributed by atoms with van der Waals surface area (Å²) in [6.45, 7) is 0. The van der Waals surface area contributed by atoms with Crippen molar-refractivity contribution in [3.63, 3.8) is 0 Å². The summed E-state index contributed by atoms with van der Waals surface area (Å²) in [6, 6.07) is 4.58. The SMILES string of the molecule is O=C1N[C@H]2[C@H](CS[C@H]2CCCCC(=O)c2cccc3c2S(=O)(=O)NC3=O)N1. The standard InChI is InChI=1S/C17H19N3O5S2/c21-12(9-4-3-5-10-15(9)27(24,25)20-16(10)22)6-1-2-7-13-14-11(8-26-13)18-17(23)19-14/h3-5,11,13-14H,1-2,6-8H2,(H,20,22)(H2,18,19,23)/t11-,13-,14-/m0/s1. The molecule has 27 heavy (non-hydrogen) atoms. The molecule has 1 aromatic rings. The van der Waals surface area contributed by atoms with Crippen LogP contribution >= 0.6 is 11.8 Å². The zero-order valence-corrected chi connectivity index (χ0v) is 16.0. The van der Waals surface area contributed by atoms with Gasteiger partial charge in [-0.3, -0.25) is 9.59 Å². The van der Waals surface area contributed by atoms with Crippen molar-refractivity contribution in [2.24, 2.45) is 0 Å². The molecule has 3 N–H and O–H groups in total. The summed E-state index contributed by atoms with van der Waals surface area (Å²) in [4.78, 5) is 35.5. The van der Waals surface area contributed by atoms with E-state index in [-0.39, 0.29) is 46.3 Å². The molecule has 10 heteroatoms. The van der Waals surface area contributed by atoms with Crippen LogP contribution in [-0.4, -0.2) is 49.2 Å². The number of thioether (sulfide) groups is 1. The van der Waals surface area contributed by atoms with Crippen molar-refractivity contribution in [2.75, 3.05) is 5.75 Å². The van der Waals surface area contributed by atoms with Crippen LogP contribution in [0.2, 0.25) is 0 Å². The number of sulfonamides is 1. The van der Waals surface area contributed by atoms with Gasteiger partial charge in [-0.25, -0.2) is 17.9 Å². The van der Waals surface area contributed by atoms with Crippen molar-refractivity contribution in [3.8, 4) is 0 Å². The van der Waals surface area contributed by atoms with Gasteiger partial charge in [-0.15, -0.1) is 0 Å². The van der Waals surface area contributed by atoms with Gasteiger partial charge in [-0.1, -0.05) is 12.5 Å². The normalized spacial score (nSPS) is 27.5. The number of carbonyl (C=O) groups excluding carboxylic acids is 3. The third-order valence-electron chi connectivity index (χ3n) is 5.14. The zero-order valence-electron chi connectivity index (χ0n) is 14.4. The third-order valence-corrected chi connectivity index (χ3v) is 8.08. The lowest BCUT2D eigenvalue weighted by molar-refractivity contribution is 0.0975. The number of benzene rings is 1. The maximum absolute atomic E-state index is 12.5. The van der Waals surface area contributed by atoms with Gasteiger partial charge >= 0.3 is 6.03 Å². The van der Waals surface area contributed by atoms with E-state index >= 15 is 0 Å². The summed E-state index contributed by atoms with van der Waals surface area (Å²) in [5.74, 6) is -0.0819. The number of ketones is 1. The van der Waals surface area contributed by atoms with Gasteiger partial charge in [0, 0.05) is 23.0 Å². The number of urea groups is 1. The Hall–Kier alpha value is -2.07. The lowest BCUT2D eigenvalue weighted by atomic mass is 9.99. The predicted molar refractivity (Wildman–Crippen MR) is 99.4 cm³/mol. The van der Waals surface area contributed by atoms with Gasteiger partial charge in [-0.2, -0.15) is 11.8 Å². The number of carbonyl (C=O) groups is 3. The molecule has 0 aromatic heterocycles. The highest BCUT2D eigenvalue weighted by Gasteiger charge is 2.42. The first-order valence-electron chi connectivity index (χ1n) is 8.79. The second-order valence-electron chi connectivity index (χ2n) is 6.91. The van der Waals surface area contributed by atoms with E-state index in [1.54, 1.807) is 0 Å². The monoisotopic (exact) mass is 409 g/mol. The minimum absolute atomic E-state index is 0.0266. The number of amides is 3. The average Bonchev–Trinajstić information content (AvgIpc) is 3.23. The number of hydrogen-bond acceptors (Lipinski definition) is 6. The number of nitrogens with one attached hydrogen (secondary N) is 3. The molecule has 3 aliphatic heterocycles. The molecule has 4 rings (SSSR count). The molecule has 144 valence electrons. The van der Waals surface area contributed by atoms with E-state index in [4.69, 9.17) is 0 Å². The molecule has 1 aromatic carbocycles. The summed E-state index contributed by atoms with van der Waals surface area (Å²) in [6.07, 6.45) is 2.53. The van der Waals surface area contributed by atoms with Crippen LogP contribution in [-0.2, 0) is 10.0 Å². The van der Waals surface area contributed by atoms with E-state index < -0.39 is 15.9 Å². The Morgan fingerprint density at radius 1 is 1.19 bits per heavy atom. The van der Waals surface area contributed by atoms with E-state index in [1.807, 2.05) is 16.5 Å². The first-order chi connectivity index (χ1) is 12.9. The molecule has 0 unspecified atom stereocenters. The zero-order chi connectivity index (χ0) is 19.2. The van der Waals surface area contributed by atoms with Crippen LogP contribution in [0.1, 0.15) is 46.4 Å². The van der Waals surface area contributed by atoms with Gasteiger partial charge in [0.25, 0.3) is 15.9 Å². The van der Waals surface area contributed by atoms with Crippen molar-refractivity contribution >= 4 is 39.5 Å². The van der Waals surface area contributed by atoms with Gasteiger partial charge < -0.3 is 10.6 Å². The Balaban J connectivity index is 1.35. The van der Waals surface area contributed by atoms with E-state index in [2.05, 4.69) is 10.6 Å². The van der Waals surface area contributed by atoms with Gasteiger partial charge in [0.15, 0.2) is 5.78 Å². The lowest BCUT2D eigenvalue weighted by Crippen LogP contribution is -2.36. The summed E-state index contributed by atoms with van der Waals surface area (Å²) in [7, 11) is -3.96. The Morgan fingerprint density at radius 2 is 2.00 bits per heavy atom. The average molecular weight is 409 g/mol. The molecule has 3 atom stereocenters. The molecule has 2 fully saturated rings. The van der Waals surface area contributed by atoms with Crippen molar-refractivity contribution in [3.05, 3.63) is 29.3 Å². The molecule has 3 amide bonds. The largest absolute Gasteiger partial charge is 0.332 e. The van der Waals surface area contributed by atoms with Crippen molar-refractivity contribution in [2.45, 2.75) is 47.9 Å². The maximum Gasteiger partial charge on any atom is 0.315 e. The van der Waals surface area contributed by atoms with Crippen molar-refractivity contribution in [1.29, 1.82) is 0 Å². The second-order valence-corrected chi connectivity index (χ2v) is 9.80. The topological polar surface area (TPSA) is 121 Å². The molecule has 0 aliphatic carbocycles. The fraction of sp³-hybridized carbons (Fsp3) is 0.471. The molecule has 8 nitrogen and oxygen atoms in total. The molecular weight excluding hydrogens is 390 g/mol. The second kappa shape index (κ2) is 6.83. The van der Waals surface area contributed by atoms with Gasteiger partial charge in [-0.05, 0) is 25.0 Å².